The van der Waals surface area contributed by atoms with Crippen LogP contribution in [-0.4, -0.2) is 20.6 Å². The third-order valence-electron chi connectivity index (χ3n) is 2.34. The van der Waals surface area contributed by atoms with E-state index in [1.165, 1.54) is 12.3 Å². The van der Waals surface area contributed by atoms with Gasteiger partial charge in [0.2, 0.25) is 0 Å². The predicted octanol–water partition coefficient (Wildman–Crippen LogP) is 1.78. The third-order valence-corrected chi connectivity index (χ3v) is 2.34. The maximum Gasteiger partial charge on any atom is 0.338 e. The molecule has 1 N–H and O–H groups in total. The van der Waals surface area contributed by atoms with Gasteiger partial charge in [0.1, 0.15) is 17.8 Å². The molecule has 0 aliphatic rings. The summed E-state index contributed by atoms with van der Waals surface area (Å²) in [6, 6.07) is 1.53. The first-order valence-electron chi connectivity index (χ1n) is 5.01. The molecule has 2 aromatic rings. The maximum atomic E-state index is 10.7. The topological polar surface area (TPSA) is 68.3 Å². The molecule has 0 amide bonds. The van der Waals surface area contributed by atoms with Gasteiger partial charge in [-0.25, -0.2) is 9.78 Å². The number of aryl methyl sites for hydroxylation is 1. The Morgan fingerprint density at radius 1 is 1.62 bits per heavy atom. The molecule has 0 bridgehead atoms. The molecule has 0 radical (unpaired) electrons. The molecule has 0 spiro atoms. The standard InChI is InChI=1S/C11H12N2O3/c1-2-10-12-3-4-13(10)6-9-5-8(7-16-9)11(14)15/h3-5,7H,2,6H2,1H3,(H,14,15). The summed E-state index contributed by atoms with van der Waals surface area (Å²) in [6.07, 6.45) is 5.65. The SMILES string of the molecule is CCc1nccn1Cc1cc(C(=O)O)co1. The number of hydrogen-bond donors (Lipinski definition) is 1. The van der Waals surface area contributed by atoms with Crippen LogP contribution in [0.25, 0.3) is 0 Å². The van der Waals surface area contributed by atoms with Crippen molar-refractivity contribution >= 4 is 5.97 Å². The van der Waals surface area contributed by atoms with Gasteiger partial charge >= 0.3 is 5.97 Å². The summed E-state index contributed by atoms with van der Waals surface area (Å²) >= 11 is 0. The minimum absolute atomic E-state index is 0.174. The van der Waals surface area contributed by atoms with Gasteiger partial charge in [0.15, 0.2) is 0 Å². The van der Waals surface area contributed by atoms with Crippen LogP contribution in [0.5, 0.6) is 0 Å². The van der Waals surface area contributed by atoms with E-state index in [-0.39, 0.29) is 5.56 Å². The molecule has 2 heterocycles. The Balaban J connectivity index is 2.17. The van der Waals surface area contributed by atoms with E-state index in [1.807, 2.05) is 17.7 Å². The second-order valence-corrected chi connectivity index (χ2v) is 3.43. The van der Waals surface area contributed by atoms with Gasteiger partial charge in [-0.15, -0.1) is 0 Å². The lowest BCUT2D eigenvalue weighted by atomic mass is 10.3. The summed E-state index contributed by atoms with van der Waals surface area (Å²) in [5.74, 6) is 0.592. The van der Waals surface area contributed by atoms with E-state index in [2.05, 4.69) is 4.98 Å². The maximum absolute atomic E-state index is 10.7. The monoisotopic (exact) mass is 220 g/mol. The van der Waals surface area contributed by atoms with Crippen LogP contribution < -0.4 is 0 Å². The first-order chi connectivity index (χ1) is 7.70. The summed E-state index contributed by atoms with van der Waals surface area (Å²) in [7, 11) is 0. The molecule has 2 rings (SSSR count). The van der Waals surface area contributed by atoms with E-state index in [1.54, 1.807) is 6.20 Å². The van der Waals surface area contributed by atoms with Crippen LogP contribution in [0.2, 0.25) is 0 Å². The molecule has 16 heavy (non-hydrogen) atoms. The molecule has 0 unspecified atom stereocenters. The highest BCUT2D eigenvalue weighted by Crippen LogP contribution is 2.11. The predicted molar refractivity (Wildman–Crippen MR) is 56.4 cm³/mol. The van der Waals surface area contributed by atoms with Gasteiger partial charge in [0.25, 0.3) is 0 Å². The lowest BCUT2D eigenvalue weighted by molar-refractivity contribution is 0.0696. The summed E-state index contributed by atoms with van der Waals surface area (Å²) in [6.45, 7) is 2.53. The Morgan fingerprint density at radius 3 is 3.06 bits per heavy atom. The van der Waals surface area contributed by atoms with Crippen LogP contribution in [0, 0.1) is 0 Å². The number of furan rings is 1. The number of rotatable bonds is 4. The van der Waals surface area contributed by atoms with E-state index in [0.29, 0.717) is 12.3 Å². The summed E-state index contributed by atoms with van der Waals surface area (Å²) in [5, 5.41) is 8.75. The quantitative estimate of drug-likeness (QED) is 0.852. The Labute approximate surface area is 92.3 Å². The smallest absolute Gasteiger partial charge is 0.338 e. The molecule has 0 aliphatic heterocycles. The highest BCUT2D eigenvalue weighted by molar-refractivity contribution is 5.87. The Hall–Kier alpha value is -2.04. The second kappa shape index (κ2) is 4.22. The first-order valence-corrected chi connectivity index (χ1v) is 5.01. The average Bonchev–Trinajstić information content (AvgIpc) is 2.87. The van der Waals surface area contributed by atoms with Crippen LogP contribution in [-0.2, 0) is 13.0 Å². The summed E-state index contributed by atoms with van der Waals surface area (Å²) in [4.78, 5) is 14.8. The van der Waals surface area contributed by atoms with Gasteiger partial charge in [0, 0.05) is 18.8 Å². The fourth-order valence-corrected chi connectivity index (χ4v) is 1.54. The van der Waals surface area contributed by atoms with Crippen LogP contribution >= 0.6 is 0 Å². The minimum atomic E-state index is -0.976. The van der Waals surface area contributed by atoms with Crippen LogP contribution in [0.3, 0.4) is 0 Å². The number of hydrogen-bond acceptors (Lipinski definition) is 3. The van der Waals surface area contributed by atoms with Gasteiger partial charge in [-0.05, 0) is 6.07 Å². The van der Waals surface area contributed by atoms with E-state index < -0.39 is 5.97 Å². The molecular formula is C11H12N2O3. The van der Waals surface area contributed by atoms with Gasteiger partial charge in [-0.1, -0.05) is 6.92 Å². The van der Waals surface area contributed by atoms with Crippen molar-refractivity contribution in [1.29, 1.82) is 0 Å². The number of carboxylic acid groups (broad SMARTS) is 1. The zero-order chi connectivity index (χ0) is 11.5. The molecule has 0 atom stereocenters. The zero-order valence-corrected chi connectivity index (χ0v) is 8.88. The van der Waals surface area contributed by atoms with Crippen molar-refractivity contribution in [3.05, 3.63) is 41.9 Å². The van der Waals surface area contributed by atoms with Gasteiger partial charge < -0.3 is 14.1 Å². The normalized spacial score (nSPS) is 10.6. The third kappa shape index (κ3) is 1.98. The zero-order valence-electron chi connectivity index (χ0n) is 8.88. The van der Waals surface area contributed by atoms with Crippen LogP contribution in [0.15, 0.2) is 29.1 Å². The molecule has 84 valence electrons. The number of aromatic nitrogens is 2. The second-order valence-electron chi connectivity index (χ2n) is 3.43. The van der Waals surface area contributed by atoms with Crippen molar-refractivity contribution in [2.45, 2.75) is 19.9 Å². The van der Waals surface area contributed by atoms with Crippen molar-refractivity contribution in [3.63, 3.8) is 0 Å². The summed E-state index contributed by atoms with van der Waals surface area (Å²) < 4.78 is 7.10. The van der Waals surface area contributed by atoms with Gasteiger partial charge in [-0.2, -0.15) is 0 Å². The highest BCUT2D eigenvalue weighted by atomic mass is 16.4. The Kier molecular flexibility index (Phi) is 2.76. The molecule has 0 fully saturated rings. The van der Waals surface area contributed by atoms with Crippen molar-refractivity contribution < 1.29 is 14.3 Å². The molecule has 0 aromatic carbocycles. The molecule has 5 heteroatoms. The largest absolute Gasteiger partial charge is 0.478 e. The van der Waals surface area contributed by atoms with E-state index in [4.69, 9.17) is 9.52 Å². The molecule has 5 nitrogen and oxygen atoms in total. The number of carbonyl (C=O) groups is 1. The number of carboxylic acids is 1. The molecule has 0 aliphatic carbocycles. The molecule has 0 saturated carbocycles. The van der Waals surface area contributed by atoms with Gasteiger partial charge in [0.05, 0.1) is 12.1 Å². The van der Waals surface area contributed by atoms with Crippen LogP contribution in [0.4, 0.5) is 0 Å². The number of imidazole rings is 1. The number of aromatic carboxylic acids is 1. The van der Waals surface area contributed by atoms with E-state index in [9.17, 15) is 4.79 Å². The lowest BCUT2D eigenvalue weighted by Crippen LogP contribution is -2.02. The fourth-order valence-electron chi connectivity index (χ4n) is 1.54. The average molecular weight is 220 g/mol. The first kappa shape index (κ1) is 10.5. The molecule has 0 saturated heterocycles. The highest BCUT2D eigenvalue weighted by Gasteiger charge is 2.09. The van der Waals surface area contributed by atoms with E-state index in [0.717, 1.165) is 12.2 Å². The fraction of sp³-hybridized carbons (Fsp3) is 0.273. The van der Waals surface area contributed by atoms with Crippen LogP contribution in [0.1, 0.15) is 28.9 Å². The Morgan fingerprint density at radius 2 is 2.44 bits per heavy atom. The van der Waals surface area contributed by atoms with Crippen molar-refractivity contribution in [2.75, 3.05) is 0 Å². The van der Waals surface area contributed by atoms with Crippen molar-refractivity contribution in [2.24, 2.45) is 0 Å². The molecule has 2 aromatic heterocycles. The lowest BCUT2D eigenvalue weighted by Gasteiger charge is -2.02. The minimum Gasteiger partial charge on any atom is -0.478 e. The Bertz CT molecular complexity index is 499. The van der Waals surface area contributed by atoms with Crippen molar-refractivity contribution in [3.8, 4) is 0 Å². The summed E-state index contributed by atoms with van der Waals surface area (Å²) in [5.41, 5.74) is 0.174. The number of nitrogens with zero attached hydrogens (tertiary/aromatic N) is 2. The van der Waals surface area contributed by atoms with Crippen molar-refractivity contribution in [1.82, 2.24) is 9.55 Å². The molecular weight excluding hydrogens is 208 g/mol. The van der Waals surface area contributed by atoms with E-state index >= 15 is 0 Å². The van der Waals surface area contributed by atoms with Gasteiger partial charge in [-0.3, -0.25) is 0 Å².